The molecule has 3 rings (SSSR count). The van der Waals surface area contributed by atoms with E-state index in [0.717, 1.165) is 31.4 Å². The molecule has 0 saturated heterocycles. The lowest BCUT2D eigenvalue weighted by Crippen LogP contribution is -3.61. The number of hydrogen-bond donors (Lipinski definition) is 1. The summed E-state index contributed by atoms with van der Waals surface area (Å²) in [4.78, 5) is 12.7. The number of halogens is 4. The highest BCUT2D eigenvalue weighted by Gasteiger charge is 2.30. The lowest BCUT2D eigenvalue weighted by Gasteiger charge is -2.19. The average Bonchev–Trinajstić information content (AvgIpc) is 2.98. The summed E-state index contributed by atoms with van der Waals surface area (Å²) in [7, 11) is 0. The van der Waals surface area contributed by atoms with Crippen molar-refractivity contribution in [1.29, 1.82) is 0 Å². The maximum Gasteiger partial charge on any atom is 0.416 e. The molecule has 0 radical (unpaired) electrons. The minimum Gasteiger partial charge on any atom is -0.490 e. The van der Waals surface area contributed by atoms with Crippen LogP contribution in [-0.2, 0) is 10.9 Å². The van der Waals surface area contributed by atoms with E-state index in [-0.39, 0.29) is 33.5 Å². The third-order valence-electron chi connectivity index (χ3n) is 7.07. The van der Waals surface area contributed by atoms with Crippen LogP contribution in [0.4, 0.5) is 23.7 Å². The largest absolute Gasteiger partial charge is 0.490 e. The maximum absolute atomic E-state index is 13.1. The summed E-state index contributed by atoms with van der Waals surface area (Å²) in [5, 5.41) is 2.44. The van der Waals surface area contributed by atoms with Crippen LogP contribution in [0.15, 0.2) is 72.8 Å². The molecular formula is C35H44F3INO3+. The number of amides is 1. The molecule has 3 aromatic rings. The van der Waals surface area contributed by atoms with Crippen LogP contribution in [0.5, 0.6) is 5.75 Å². The molecule has 234 valence electrons. The first-order valence-electron chi connectivity index (χ1n) is 15.3. The Bertz CT molecular complexity index is 1220. The molecule has 1 N–H and O–H groups in total. The van der Waals surface area contributed by atoms with Crippen molar-refractivity contribution in [2.75, 3.05) is 11.9 Å². The van der Waals surface area contributed by atoms with Crippen LogP contribution in [0.1, 0.15) is 88.7 Å². The van der Waals surface area contributed by atoms with Crippen molar-refractivity contribution < 1.29 is 48.6 Å². The number of nitrogens with one attached hydrogen (secondary N) is 1. The van der Waals surface area contributed by atoms with Gasteiger partial charge in [0.25, 0.3) is 0 Å². The van der Waals surface area contributed by atoms with Crippen molar-refractivity contribution in [3.63, 3.8) is 0 Å². The number of anilines is 1. The van der Waals surface area contributed by atoms with E-state index in [0.29, 0.717) is 12.2 Å². The van der Waals surface area contributed by atoms with E-state index < -0.39 is 23.9 Å². The van der Waals surface area contributed by atoms with Gasteiger partial charge >= 0.3 is 33.5 Å². The number of hydrogen-bond acceptors (Lipinski definition) is 3. The van der Waals surface area contributed by atoms with E-state index in [4.69, 9.17) is 9.47 Å². The van der Waals surface area contributed by atoms with Gasteiger partial charge in [0, 0.05) is 5.69 Å². The molecule has 0 aliphatic heterocycles. The number of unbranched alkanes of at least 4 members (excludes halogenated alkanes) is 9. The molecule has 4 nitrogen and oxygen atoms in total. The number of carbonyl (C=O) groups is 1. The predicted octanol–water partition coefficient (Wildman–Crippen LogP) is 7.45. The number of aryl methyl sites for hydroxylation is 1. The Hall–Kier alpha value is -2.75. The SMILES string of the molecule is CCCCCCCCCCCCC(COc1ccc([I+]c2ccc(C)cc2)cc1)OC(=O)Nc1cccc(C(F)(F)F)c1. The van der Waals surface area contributed by atoms with Crippen LogP contribution in [0, 0.1) is 14.1 Å². The number of benzene rings is 3. The standard InChI is InChI=1S/C35H43F3INO3/c1-3-4-5-6-7-8-9-10-11-12-16-33(43-34(41)40-31-15-13-14-28(25-31)35(36,37)38)26-42-32-23-21-30(22-24-32)39-29-19-17-27(2)18-20-29/h13-15,17-25,33H,3-12,16,26H2,1-2H3/p+1. The Labute approximate surface area is 265 Å². The van der Waals surface area contributed by atoms with Crippen molar-refractivity contribution in [3.05, 3.63) is 91.1 Å². The summed E-state index contributed by atoms with van der Waals surface area (Å²) in [5.74, 6) is 0.687. The van der Waals surface area contributed by atoms with Gasteiger partial charge in [-0.15, -0.1) is 0 Å². The lowest BCUT2D eigenvalue weighted by atomic mass is 10.0. The van der Waals surface area contributed by atoms with Gasteiger partial charge in [-0.25, -0.2) is 4.79 Å². The van der Waals surface area contributed by atoms with Crippen molar-refractivity contribution in [3.8, 4) is 5.75 Å². The Kier molecular flexibility index (Phi) is 15.2. The minimum absolute atomic E-state index is 0.0332. The van der Waals surface area contributed by atoms with E-state index in [1.54, 1.807) is 0 Å². The zero-order chi connectivity index (χ0) is 30.9. The average molecular weight is 711 g/mol. The first kappa shape index (κ1) is 34.7. The molecule has 43 heavy (non-hydrogen) atoms. The molecule has 1 amide bonds. The molecule has 1 unspecified atom stereocenters. The van der Waals surface area contributed by atoms with Crippen LogP contribution < -0.4 is 31.3 Å². The van der Waals surface area contributed by atoms with E-state index in [1.807, 2.05) is 12.1 Å². The monoisotopic (exact) mass is 710 g/mol. The second kappa shape index (κ2) is 18.8. The number of carbonyl (C=O) groups excluding carboxylic acids is 1. The van der Waals surface area contributed by atoms with E-state index in [9.17, 15) is 18.0 Å². The third kappa shape index (κ3) is 14.1. The molecule has 0 aromatic heterocycles. The van der Waals surface area contributed by atoms with Crippen LogP contribution in [-0.4, -0.2) is 18.8 Å². The zero-order valence-electron chi connectivity index (χ0n) is 25.2. The summed E-state index contributed by atoms with van der Waals surface area (Å²) in [6, 6.07) is 21.1. The fourth-order valence-electron chi connectivity index (χ4n) is 4.61. The Morgan fingerprint density at radius 1 is 0.814 bits per heavy atom. The van der Waals surface area contributed by atoms with Gasteiger partial charge in [0.15, 0.2) is 7.14 Å². The normalized spacial score (nSPS) is 12.1. The second-order valence-electron chi connectivity index (χ2n) is 10.9. The highest BCUT2D eigenvalue weighted by molar-refractivity contribution is 5.84. The fourth-order valence-corrected chi connectivity index (χ4v) is 6.77. The second-order valence-corrected chi connectivity index (χ2v) is 13.9. The predicted molar refractivity (Wildman–Crippen MR) is 162 cm³/mol. The van der Waals surface area contributed by atoms with Gasteiger partial charge in [-0.1, -0.05) is 88.5 Å². The lowest BCUT2D eigenvalue weighted by molar-refractivity contribution is -0.597. The summed E-state index contributed by atoms with van der Waals surface area (Å²) in [5.41, 5.74) is 0.448. The van der Waals surface area contributed by atoms with E-state index >= 15 is 0 Å². The number of ether oxygens (including phenoxy) is 2. The molecule has 0 fully saturated rings. The third-order valence-corrected chi connectivity index (χ3v) is 9.75. The minimum atomic E-state index is -4.49. The molecule has 8 heteroatoms. The molecule has 0 spiro atoms. The number of rotatable bonds is 18. The quantitative estimate of drug-likeness (QED) is 0.110. The molecule has 1 atom stereocenters. The maximum atomic E-state index is 13.1. The van der Waals surface area contributed by atoms with Gasteiger partial charge in [0.05, 0.1) is 5.56 Å². The Morgan fingerprint density at radius 2 is 1.40 bits per heavy atom. The van der Waals surface area contributed by atoms with Crippen molar-refractivity contribution >= 4 is 11.8 Å². The smallest absolute Gasteiger partial charge is 0.416 e. The zero-order valence-corrected chi connectivity index (χ0v) is 27.4. The molecule has 0 aliphatic carbocycles. The fraction of sp³-hybridized carbons (Fsp3) is 0.457. The first-order valence-corrected chi connectivity index (χ1v) is 17.5. The summed E-state index contributed by atoms with van der Waals surface area (Å²) >= 11 is -0.290. The van der Waals surface area contributed by atoms with Gasteiger partial charge in [-0.05, 0) is 74.4 Å². The van der Waals surface area contributed by atoms with Crippen LogP contribution in [0.25, 0.3) is 0 Å². The summed E-state index contributed by atoms with van der Waals surface area (Å²) < 4.78 is 53.5. The van der Waals surface area contributed by atoms with Crippen LogP contribution >= 0.6 is 0 Å². The first-order chi connectivity index (χ1) is 20.7. The molecule has 0 aliphatic rings. The van der Waals surface area contributed by atoms with Crippen molar-refractivity contribution in [2.45, 2.75) is 96.8 Å². The molecular weight excluding hydrogens is 666 g/mol. The van der Waals surface area contributed by atoms with E-state index in [1.165, 1.54) is 69.8 Å². The molecule has 3 aromatic carbocycles. The van der Waals surface area contributed by atoms with Gasteiger partial charge in [-0.2, -0.15) is 13.2 Å². The summed E-state index contributed by atoms with van der Waals surface area (Å²) in [6.07, 6.45) is 6.73. The van der Waals surface area contributed by atoms with Gasteiger partial charge in [0.2, 0.25) is 0 Å². The van der Waals surface area contributed by atoms with E-state index in [2.05, 4.69) is 55.6 Å². The summed E-state index contributed by atoms with van der Waals surface area (Å²) in [6.45, 7) is 4.47. The Balaban J connectivity index is 1.51. The molecule has 0 heterocycles. The van der Waals surface area contributed by atoms with Gasteiger partial charge < -0.3 is 9.47 Å². The van der Waals surface area contributed by atoms with Gasteiger partial charge in [0.1, 0.15) is 18.5 Å². The topological polar surface area (TPSA) is 47.6 Å². The van der Waals surface area contributed by atoms with Crippen LogP contribution in [0.2, 0.25) is 0 Å². The number of alkyl halides is 3. The Morgan fingerprint density at radius 3 is 2.00 bits per heavy atom. The molecule has 0 saturated carbocycles. The van der Waals surface area contributed by atoms with Gasteiger partial charge in [-0.3, -0.25) is 5.32 Å². The van der Waals surface area contributed by atoms with Crippen LogP contribution in [0.3, 0.4) is 0 Å². The highest BCUT2D eigenvalue weighted by atomic mass is 127. The van der Waals surface area contributed by atoms with Crippen molar-refractivity contribution in [2.24, 2.45) is 0 Å². The molecule has 0 bridgehead atoms. The van der Waals surface area contributed by atoms with Crippen molar-refractivity contribution in [1.82, 2.24) is 0 Å². The highest BCUT2D eigenvalue weighted by Crippen LogP contribution is 2.30.